The summed E-state index contributed by atoms with van der Waals surface area (Å²) in [6.45, 7) is 4.75. The molecule has 2 aliphatic carbocycles. The van der Waals surface area contributed by atoms with E-state index >= 15 is 0 Å². The Balaban J connectivity index is 1.02. The van der Waals surface area contributed by atoms with Crippen LogP contribution >= 0.6 is 22.7 Å². The Morgan fingerprint density at radius 1 is 0.525 bits per heavy atom. The summed E-state index contributed by atoms with van der Waals surface area (Å²) >= 11 is 3.87. The molecule has 0 unspecified atom stereocenters. The monoisotopic (exact) mass is 816 g/mol. The topological polar surface area (TPSA) is 8.17 Å². The van der Waals surface area contributed by atoms with E-state index in [0.29, 0.717) is 0 Å². The quantitative estimate of drug-likeness (QED) is 0.168. The minimum atomic E-state index is -0.117. The molecular formula is C57H40N2S2. The molecule has 2 nitrogen and oxygen atoms in total. The highest BCUT2D eigenvalue weighted by atomic mass is 32.1. The second kappa shape index (κ2) is 13.1. The third-order valence-electron chi connectivity index (χ3n) is 13.4. The van der Waals surface area contributed by atoms with Crippen molar-refractivity contribution in [2.45, 2.75) is 32.1 Å². The molecule has 2 aliphatic rings. The standard InChI is InChI=1S/C57H40N2S2/c1-57(2)49-20-9-6-15-41(49)42-29-27-39(34-50(42)57)58(37-25-23-35(24-26-37)40-18-12-19-46-43-16-7-10-21-52(43)60-55(40)46)38-28-32-51-48(33-38)45-30-31-47-44-17-8-11-22-53(44)61-56(47)54(45)59(51)36-13-4-3-5-14-36/h3-9,11-20,22-34H,10,21H2,1-2H3. The van der Waals surface area contributed by atoms with Crippen molar-refractivity contribution < 1.29 is 0 Å². The number of aryl methyl sites for hydroxylation is 1. The van der Waals surface area contributed by atoms with E-state index in [2.05, 4.69) is 205 Å². The van der Waals surface area contributed by atoms with Gasteiger partial charge in [-0.2, -0.15) is 0 Å². The van der Waals surface area contributed by atoms with Gasteiger partial charge in [-0.25, -0.2) is 0 Å². The predicted octanol–water partition coefficient (Wildman–Crippen LogP) is 16.8. The van der Waals surface area contributed by atoms with Crippen LogP contribution in [-0.4, -0.2) is 4.57 Å². The molecule has 3 aromatic heterocycles. The minimum Gasteiger partial charge on any atom is -0.310 e. The van der Waals surface area contributed by atoms with Crippen molar-refractivity contribution >= 4 is 97.9 Å². The molecule has 0 atom stereocenters. The highest BCUT2D eigenvalue weighted by Gasteiger charge is 2.36. The van der Waals surface area contributed by atoms with Crippen molar-refractivity contribution in [2.75, 3.05) is 4.90 Å². The maximum atomic E-state index is 2.49. The Morgan fingerprint density at radius 2 is 1.25 bits per heavy atom. The average molecular weight is 817 g/mol. The number of allylic oxidation sites excluding steroid dienone is 1. The molecule has 0 aliphatic heterocycles. The summed E-state index contributed by atoms with van der Waals surface area (Å²) in [6, 6.07) is 63.7. The smallest absolute Gasteiger partial charge is 0.0719 e. The van der Waals surface area contributed by atoms with Gasteiger partial charge in [0.1, 0.15) is 0 Å². The predicted molar refractivity (Wildman–Crippen MR) is 264 cm³/mol. The number of nitrogens with zero attached hydrogens (tertiary/aromatic N) is 2. The molecular weight excluding hydrogens is 777 g/mol. The van der Waals surface area contributed by atoms with Crippen molar-refractivity contribution in [3.05, 3.63) is 198 Å². The van der Waals surface area contributed by atoms with E-state index in [0.717, 1.165) is 29.9 Å². The second-order valence-electron chi connectivity index (χ2n) is 17.2. The summed E-state index contributed by atoms with van der Waals surface area (Å²) < 4.78 is 6.51. The van der Waals surface area contributed by atoms with Gasteiger partial charge in [0.25, 0.3) is 0 Å². The van der Waals surface area contributed by atoms with Gasteiger partial charge in [0, 0.05) is 69.4 Å². The Kier molecular flexibility index (Phi) is 7.55. The number of benzene rings is 8. The Bertz CT molecular complexity index is 3620. The summed E-state index contributed by atoms with van der Waals surface area (Å²) in [6.07, 6.45) is 6.91. The number of aromatic nitrogens is 1. The summed E-state index contributed by atoms with van der Waals surface area (Å²) in [5, 5.41) is 6.51. The van der Waals surface area contributed by atoms with Crippen molar-refractivity contribution in [3.63, 3.8) is 0 Å². The van der Waals surface area contributed by atoms with Gasteiger partial charge in [0.15, 0.2) is 0 Å². The fourth-order valence-electron chi connectivity index (χ4n) is 10.5. The van der Waals surface area contributed by atoms with Gasteiger partial charge in [-0.1, -0.05) is 135 Å². The molecule has 0 fully saturated rings. The Hall–Kier alpha value is -6.72. The number of para-hydroxylation sites is 1. The van der Waals surface area contributed by atoms with E-state index in [9.17, 15) is 0 Å². The Morgan fingerprint density at radius 3 is 2.15 bits per heavy atom. The van der Waals surface area contributed by atoms with Gasteiger partial charge in [0.2, 0.25) is 0 Å². The van der Waals surface area contributed by atoms with Crippen molar-refractivity contribution in [1.29, 1.82) is 0 Å². The van der Waals surface area contributed by atoms with Gasteiger partial charge in [-0.15, -0.1) is 22.7 Å². The van der Waals surface area contributed by atoms with Crippen LogP contribution in [0.5, 0.6) is 0 Å². The summed E-state index contributed by atoms with van der Waals surface area (Å²) in [7, 11) is 0. The fourth-order valence-corrected chi connectivity index (χ4v) is 13.1. The maximum absolute atomic E-state index is 2.49. The average Bonchev–Trinajstić information content (AvgIpc) is 4.04. The summed E-state index contributed by atoms with van der Waals surface area (Å²) in [5.74, 6) is 0. The molecule has 4 heteroatoms. The first-order chi connectivity index (χ1) is 30.0. The fraction of sp³-hybridized carbons (Fsp3) is 0.0877. The normalized spacial score (nSPS) is 14.0. The van der Waals surface area contributed by atoms with Crippen LogP contribution in [0.15, 0.2) is 176 Å². The highest BCUT2D eigenvalue weighted by Crippen LogP contribution is 2.52. The van der Waals surface area contributed by atoms with Crippen LogP contribution in [0, 0.1) is 0 Å². The van der Waals surface area contributed by atoms with Gasteiger partial charge >= 0.3 is 0 Å². The lowest BCUT2D eigenvalue weighted by Crippen LogP contribution is -2.16. The number of fused-ring (bicyclic) bond motifs is 13. The number of thiophene rings is 2. The van der Waals surface area contributed by atoms with Crippen LogP contribution in [0.1, 0.15) is 41.8 Å². The van der Waals surface area contributed by atoms with Crippen LogP contribution in [-0.2, 0) is 11.8 Å². The zero-order valence-corrected chi connectivity index (χ0v) is 35.6. The Labute approximate surface area is 362 Å². The molecule has 8 aromatic carbocycles. The van der Waals surface area contributed by atoms with Crippen LogP contribution in [0.2, 0.25) is 0 Å². The lowest BCUT2D eigenvalue weighted by molar-refractivity contribution is 0.660. The van der Waals surface area contributed by atoms with Crippen LogP contribution in [0.25, 0.3) is 86.1 Å². The zero-order chi connectivity index (χ0) is 40.4. The largest absolute Gasteiger partial charge is 0.310 e. The second-order valence-corrected chi connectivity index (χ2v) is 19.3. The molecule has 0 spiro atoms. The molecule has 61 heavy (non-hydrogen) atoms. The first-order valence-corrected chi connectivity index (χ1v) is 22.9. The molecule has 290 valence electrons. The zero-order valence-electron chi connectivity index (χ0n) is 33.9. The molecule has 0 N–H and O–H groups in total. The third-order valence-corrected chi connectivity index (χ3v) is 16.0. The lowest BCUT2D eigenvalue weighted by atomic mass is 9.82. The number of anilines is 3. The van der Waals surface area contributed by atoms with Crippen molar-refractivity contribution in [2.24, 2.45) is 0 Å². The van der Waals surface area contributed by atoms with Gasteiger partial charge in [0.05, 0.1) is 15.7 Å². The van der Waals surface area contributed by atoms with E-state index in [1.165, 1.54) is 102 Å². The number of hydrogen-bond acceptors (Lipinski definition) is 3. The van der Waals surface area contributed by atoms with E-state index in [1.54, 1.807) is 0 Å². The minimum absolute atomic E-state index is 0.117. The van der Waals surface area contributed by atoms with Crippen LogP contribution in [0.3, 0.4) is 0 Å². The van der Waals surface area contributed by atoms with Gasteiger partial charge in [-0.05, 0) is 112 Å². The maximum Gasteiger partial charge on any atom is 0.0719 e. The van der Waals surface area contributed by atoms with Gasteiger partial charge in [-0.3, -0.25) is 0 Å². The molecule has 0 amide bonds. The summed E-state index contributed by atoms with van der Waals surface area (Å²) in [5.41, 5.74) is 16.3. The highest BCUT2D eigenvalue weighted by molar-refractivity contribution is 7.26. The van der Waals surface area contributed by atoms with Crippen molar-refractivity contribution in [1.82, 2.24) is 4.57 Å². The molecule has 0 radical (unpaired) electrons. The number of rotatable bonds is 5. The third kappa shape index (κ3) is 5.13. The van der Waals surface area contributed by atoms with E-state index in [1.807, 2.05) is 22.7 Å². The molecule has 0 saturated heterocycles. The van der Waals surface area contributed by atoms with Crippen molar-refractivity contribution in [3.8, 4) is 27.9 Å². The SMILES string of the molecule is CC1(C)c2ccccc2-c2ccc(N(c3ccc(-c4cccc5c6c(sc45)CCC=C6)cc3)c3ccc4c(c3)c3ccc5c6ccccc6sc5c3n4-c3ccccc3)cc21. The number of hydrogen-bond donors (Lipinski definition) is 0. The first kappa shape index (κ1) is 35.1. The van der Waals surface area contributed by atoms with Crippen LogP contribution in [0.4, 0.5) is 17.1 Å². The summed E-state index contributed by atoms with van der Waals surface area (Å²) in [4.78, 5) is 3.98. The molecule has 13 rings (SSSR count). The van der Waals surface area contributed by atoms with E-state index in [-0.39, 0.29) is 5.41 Å². The molecule has 0 saturated carbocycles. The van der Waals surface area contributed by atoms with E-state index < -0.39 is 0 Å². The first-order valence-electron chi connectivity index (χ1n) is 21.3. The molecule has 3 heterocycles. The molecule has 0 bridgehead atoms. The van der Waals surface area contributed by atoms with E-state index in [4.69, 9.17) is 0 Å². The lowest BCUT2D eigenvalue weighted by Gasteiger charge is -2.28. The molecule has 11 aromatic rings. The van der Waals surface area contributed by atoms with Gasteiger partial charge < -0.3 is 9.47 Å². The van der Waals surface area contributed by atoms with Crippen LogP contribution < -0.4 is 4.90 Å².